The zero-order chi connectivity index (χ0) is 23.0. The van der Waals surface area contributed by atoms with E-state index < -0.39 is 0 Å². The molecule has 2 aromatic heterocycles. The third-order valence-corrected chi connectivity index (χ3v) is 5.55. The van der Waals surface area contributed by atoms with E-state index in [0.29, 0.717) is 57.1 Å². The molecule has 1 fully saturated rings. The summed E-state index contributed by atoms with van der Waals surface area (Å²) in [5.74, 6) is 0.908. The number of hydrogen-bond donors (Lipinski definition) is 2. The molecule has 170 valence electrons. The molecule has 0 bridgehead atoms. The summed E-state index contributed by atoms with van der Waals surface area (Å²) in [6.07, 6.45) is 3.10. The highest BCUT2D eigenvalue weighted by molar-refractivity contribution is 5.80. The summed E-state index contributed by atoms with van der Waals surface area (Å²) < 4.78 is 11.1. The van der Waals surface area contributed by atoms with Gasteiger partial charge in [0.05, 0.1) is 12.7 Å². The number of oxazole rings is 1. The Hall–Kier alpha value is -4.06. The van der Waals surface area contributed by atoms with Crippen molar-refractivity contribution < 1.29 is 18.4 Å². The Morgan fingerprint density at radius 2 is 1.85 bits per heavy atom. The molecule has 9 nitrogen and oxygen atoms in total. The number of piperidine rings is 1. The van der Waals surface area contributed by atoms with Gasteiger partial charge in [0.2, 0.25) is 23.4 Å². The summed E-state index contributed by atoms with van der Waals surface area (Å²) in [6, 6.07) is 15.0. The van der Waals surface area contributed by atoms with Crippen molar-refractivity contribution in [3.63, 3.8) is 0 Å². The van der Waals surface area contributed by atoms with E-state index in [1.807, 2.05) is 35.2 Å². The van der Waals surface area contributed by atoms with Crippen molar-refractivity contribution in [2.75, 3.05) is 31.1 Å². The van der Waals surface area contributed by atoms with Crippen LogP contribution in [0.5, 0.6) is 0 Å². The van der Waals surface area contributed by atoms with Gasteiger partial charge in [-0.05, 0) is 30.5 Å². The summed E-state index contributed by atoms with van der Waals surface area (Å²) in [7, 11) is 0. The molecule has 0 spiro atoms. The number of furan rings is 1. The van der Waals surface area contributed by atoms with Crippen LogP contribution in [0.15, 0.2) is 57.6 Å². The summed E-state index contributed by atoms with van der Waals surface area (Å²) in [6.45, 7) is 1.92. The van der Waals surface area contributed by atoms with Gasteiger partial charge in [-0.3, -0.25) is 9.59 Å². The Morgan fingerprint density at radius 1 is 1.09 bits per heavy atom. The minimum absolute atomic E-state index is 0.0266. The second-order valence-electron chi connectivity index (χ2n) is 7.83. The van der Waals surface area contributed by atoms with E-state index in [2.05, 4.69) is 21.7 Å². The zero-order valence-corrected chi connectivity index (χ0v) is 18.1. The first-order chi connectivity index (χ1) is 16.1. The van der Waals surface area contributed by atoms with Crippen LogP contribution in [0.4, 0.5) is 5.88 Å². The number of carbonyl (C=O) groups excluding carboxylic acids is 2. The molecule has 9 heteroatoms. The van der Waals surface area contributed by atoms with Crippen LogP contribution >= 0.6 is 0 Å². The Labute approximate surface area is 191 Å². The van der Waals surface area contributed by atoms with Crippen molar-refractivity contribution >= 4 is 17.7 Å². The van der Waals surface area contributed by atoms with E-state index in [9.17, 15) is 14.9 Å². The lowest BCUT2D eigenvalue weighted by atomic mass is 9.96. The number of nitrogens with one attached hydrogen (secondary N) is 2. The minimum Gasteiger partial charge on any atom is -0.459 e. The van der Waals surface area contributed by atoms with Crippen LogP contribution in [0.3, 0.4) is 0 Å². The molecule has 33 heavy (non-hydrogen) atoms. The van der Waals surface area contributed by atoms with Gasteiger partial charge < -0.3 is 24.4 Å². The van der Waals surface area contributed by atoms with E-state index in [-0.39, 0.29) is 29.3 Å². The maximum Gasteiger partial charge on any atom is 0.266 e. The number of amides is 2. The first-order valence-corrected chi connectivity index (χ1v) is 10.9. The van der Waals surface area contributed by atoms with Crippen LogP contribution in [0, 0.1) is 17.2 Å². The highest BCUT2D eigenvalue weighted by atomic mass is 16.4. The van der Waals surface area contributed by atoms with Crippen molar-refractivity contribution in [3.8, 4) is 17.7 Å². The number of nitriles is 1. The average Bonchev–Trinajstić information content (AvgIpc) is 3.52. The lowest BCUT2D eigenvalue weighted by molar-refractivity contribution is -0.126. The quantitative estimate of drug-likeness (QED) is 0.508. The smallest absolute Gasteiger partial charge is 0.266 e. The fourth-order valence-electron chi connectivity index (χ4n) is 3.83. The molecule has 4 rings (SSSR count). The van der Waals surface area contributed by atoms with Gasteiger partial charge in [0.1, 0.15) is 6.07 Å². The van der Waals surface area contributed by atoms with E-state index in [4.69, 9.17) is 8.83 Å². The predicted octanol–water partition coefficient (Wildman–Crippen LogP) is 2.50. The van der Waals surface area contributed by atoms with Crippen LogP contribution in [-0.2, 0) is 16.0 Å². The molecule has 0 atom stereocenters. The standard InChI is InChI=1S/C24H25N5O4/c25-16-19-24(33-23(28-19)20-7-4-14-32-20)29-12-8-18(9-13-29)22(31)27-11-10-26-21(30)15-17-5-2-1-3-6-17/h1-7,14,18H,8-13,15H2,(H,26,30)(H,27,31). The van der Waals surface area contributed by atoms with Gasteiger partial charge >= 0.3 is 0 Å². The maximum absolute atomic E-state index is 12.5. The van der Waals surface area contributed by atoms with E-state index >= 15 is 0 Å². The minimum atomic E-state index is -0.126. The molecule has 0 saturated carbocycles. The third-order valence-electron chi connectivity index (χ3n) is 5.55. The number of aromatic nitrogens is 1. The number of carbonyl (C=O) groups is 2. The average molecular weight is 447 g/mol. The molecular formula is C24H25N5O4. The number of benzene rings is 1. The molecule has 1 saturated heterocycles. The van der Waals surface area contributed by atoms with Crippen LogP contribution in [0.25, 0.3) is 11.7 Å². The molecule has 0 unspecified atom stereocenters. The van der Waals surface area contributed by atoms with E-state index in [0.717, 1.165) is 5.56 Å². The molecular weight excluding hydrogens is 422 g/mol. The molecule has 3 heterocycles. The predicted molar refractivity (Wildman–Crippen MR) is 120 cm³/mol. The number of hydrogen-bond acceptors (Lipinski definition) is 7. The zero-order valence-electron chi connectivity index (χ0n) is 18.1. The van der Waals surface area contributed by atoms with Crippen molar-refractivity contribution in [1.82, 2.24) is 15.6 Å². The van der Waals surface area contributed by atoms with Gasteiger partial charge in [0, 0.05) is 32.1 Å². The first kappa shape index (κ1) is 22.1. The molecule has 1 aliphatic heterocycles. The summed E-state index contributed by atoms with van der Waals surface area (Å²) >= 11 is 0. The first-order valence-electron chi connectivity index (χ1n) is 10.9. The van der Waals surface area contributed by atoms with Crippen molar-refractivity contribution in [2.24, 2.45) is 5.92 Å². The lowest BCUT2D eigenvalue weighted by Gasteiger charge is -2.30. The van der Waals surface area contributed by atoms with Gasteiger partial charge in [0.25, 0.3) is 5.89 Å². The van der Waals surface area contributed by atoms with Crippen LogP contribution in [0.2, 0.25) is 0 Å². The van der Waals surface area contributed by atoms with Crippen LogP contribution in [-0.4, -0.2) is 43.0 Å². The summed E-state index contributed by atoms with van der Waals surface area (Å²) in [5.41, 5.74) is 1.16. The Balaban J connectivity index is 1.20. The SMILES string of the molecule is N#Cc1nc(-c2ccco2)oc1N1CCC(C(=O)NCCNC(=O)Cc2ccccc2)CC1. The Morgan fingerprint density at radius 3 is 2.55 bits per heavy atom. The number of rotatable bonds is 8. The van der Waals surface area contributed by atoms with Gasteiger partial charge in [-0.1, -0.05) is 30.3 Å². The highest BCUT2D eigenvalue weighted by Gasteiger charge is 2.29. The lowest BCUT2D eigenvalue weighted by Crippen LogP contribution is -2.42. The van der Waals surface area contributed by atoms with Crippen LogP contribution < -0.4 is 15.5 Å². The Kier molecular flexibility index (Phi) is 7.05. The number of anilines is 1. The largest absolute Gasteiger partial charge is 0.459 e. The number of nitrogens with zero attached hydrogens (tertiary/aromatic N) is 3. The van der Waals surface area contributed by atoms with Crippen molar-refractivity contribution in [2.45, 2.75) is 19.3 Å². The van der Waals surface area contributed by atoms with Gasteiger partial charge in [-0.25, -0.2) is 0 Å². The Bertz CT molecular complexity index is 1110. The highest BCUT2D eigenvalue weighted by Crippen LogP contribution is 2.31. The van der Waals surface area contributed by atoms with Gasteiger partial charge in [-0.2, -0.15) is 10.2 Å². The van der Waals surface area contributed by atoms with Crippen molar-refractivity contribution in [1.29, 1.82) is 5.26 Å². The molecule has 1 aromatic carbocycles. The van der Waals surface area contributed by atoms with Gasteiger partial charge in [0.15, 0.2) is 5.76 Å². The molecule has 0 aliphatic carbocycles. The molecule has 2 N–H and O–H groups in total. The maximum atomic E-state index is 12.5. The molecule has 2 amide bonds. The van der Waals surface area contributed by atoms with Crippen molar-refractivity contribution in [3.05, 3.63) is 60.0 Å². The fourth-order valence-corrected chi connectivity index (χ4v) is 3.83. The normalized spacial score (nSPS) is 14.0. The molecule has 0 radical (unpaired) electrons. The topological polar surface area (TPSA) is 124 Å². The third kappa shape index (κ3) is 5.60. The second kappa shape index (κ2) is 10.5. The van der Waals surface area contributed by atoms with E-state index in [1.165, 1.54) is 6.26 Å². The second-order valence-corrected chi connectivity index (χ2v) is 7.83. The molecule has 3 aromatic rings. The van der Waals surface area contributed by atoms with Crippen LogP contribution in [0.1, 0.15) is 24.1 Å². The fraction of sp³-hybridized carbons (Fsp3) is 0.333. The van der Waals surface area contributed by atoms with E-state index in [1.54, 1.807) is 12.1 Å². The summed E-state index contributed by atoms with van der Waals surface area (Å²) in [5, 5.41) is 15.1. The summed E-state index contributed by atoms with van der Waals surface area (Å²) in [4.78, 5) is 30.7. The monoisotopic (exact) mass is 447 g/mol. The molecule has 1 aliphatic rings. The van der Waals surface area contributed by atoms with Gasteiger partial charge in [-0.15, -0.1) is 0 Å².